The van der Waals surface area contributed by atoms with Crippen molar-refractivity contribution in [3.05, 3.63) is 0 Å². The van der Waals surface area contributed by atoms with Crippen LogP contribution in [0.2, 0.25) is 0 Å². The number of aliphatic carboxylic acids is 1. The molecule has 0 amide bonds. The first-order chi connectivity index (χ1) is 11.0. The summed E-state index contributed by atoms with van der Waals surface area (Å²) in [6.07, 6.45) is 2.37. The van der Waals surface area contributed by atoms with Gasteiger partial charge in [-0.25, -0.2) is 13.1 Å². The van der Waals surface area contributed by atoms with Crippen molar-refractivity contribution in [1.82, 2.24) is 4.72 Å². The third kappa shape index (κ3) is 2.90. The van der Waals surface area contributed by atoms with Crippen LogP contribution in [0.1, 0.15) is 52.9 Å². The molecule has 0 saturated heterocycles. The summed E-state index contributed by atoms with van der Waals surface area (Å²) in [6.45, 7) is 5.40. The highest BCUT2D eigenvalue weighted by Gasteiger charge is 2.69. The smallest absolute Gasteiger partial charge is 0.321 e. The molecule has 0 heterocycles. The van der Waals surface area contributed by atoms with Crippen molar-refractivity contribution in [1.29, 1.82) is 0 Å². The van der Waals surface area contributed by atoms with Gasteiger partial charge < -0.3 is 5.11 Å². The number of hydrogen-bond donors (Lipinski definition) is 2. The Morgan fingerprint density at radius 2 is 2.00 bits per heavy atom. The molecule has 0 aromatic heterocycles. The monoisotopic (exact) mass is 359 g/mol. The summed E-state index contributed by atoms with van der Waals surface area (Å²) in [5.41, 5.74) is -1.97. The molecule has 2 bridgehead atoms. The number of unbranched alkanes of at least 4 members (excludes halogenated alkanes) is 1. The van der Waals surface area contributed by atoms with E-state index < -0.39 is 56.1 Å². The van der Waals surface area contributed by atoms with Crippen LogP contribution < -0.4 is 4.72 Å². The number of ketones is 2. The van der Waals surface area contributed by atoms with Gasteiger partial charge in [-0.15, -0.1) is 0 Å². The average molecular weight is 359 g/mol. The van der Waals surface area contributed by atoms with Gasteiger partial charge >= 0.3 is 5.97 Å². The molecule has 2 aliphatic rings. The van der Waals surface area contributed by atoms with Gasteiger partial charge in [-0.1, -0.05) is 33.6 Å². The zero-order valence-electron chi connectivity index (χ0n) is 14.3. The van der Waals surface area contributed by atoms with Gasteiger partial charge in [0.05, 0.1) is 11.2 Å². The van der Waals surface area contributed by atoms with E-state index in [1.165, 1.54) is 0 Å². The van der Waals surface area contributed by atoms with E-state index in [-0.39, 0.29) is 6.42 Å². The minimum Gasteiger partial charge on any atom is -0.480 e. The molecule has 24 heavy (non-hydrogen) atoms. The number of nitrogens with one attached hydrogen (secondary N) is 1. The number of fused-ring (bicyclic) bond motifs is 2. The largest absolute Gasteiger partial charge is 0.480 e. The van der Waals surface area contributed by atoms with E-state index in [1.54, 1.807) is 13.8 Å². The van der Waals surface area contributed by atoms with Crippen LogP contribution in [0.3, 0.4) is 0 Å². The highest BCUT2D eigenvalue weighted by Crippen LogP contribution is 2.62. The van der Waals surface area contributed by atoms with Crippen molar-refractivity contribution in [2.24, 2.45) is 16.7 Å². The molecule has 2 aliphatic carbocycles. The van der Waals surface area contributed by atoms with Crippen LogP contribution in [0.5, 0.6) is 0 Å². The number of carbonyl (C=O) groups is 3. The Morgan fingerprint density at radius 3 is 2.46 bits per heavy atom. The van der Waals surface area contributed by atoms with Gasteiger partial charge in [0.2, 0.25) is 21.6 Å². The second-order valence-corrected chi connectivity index (χ2v) is 9.25. The molecular formula is C16H25NO6S. The molecule has 7 nitrogen and oxygen atoms in total. The van der Waals surface area contributed by atoms with Crippen molar-refractivity contribution in [3.63, 3.8) is 0 Å². The topological polar surface area (TPSA) is 118 Å². The van der Waals surface area contributed by atoms with E-state index in [2.05, 4.69) is 4.72 Å². The predicted molar refractivity (Wildman–Crippen MR) is 86.8 cm³/mol. The maximum Gasteiger partial charge on any atom is 0.321 e. The van der Waals surface area contributed by atoms with Crippen LogP contribution in [0.25, 0.3) is 0 Å². The van der Waals surface area contributed by atoms with Crippen LogP contribution >= 0.6 is 0 Å². The lowest BCUT2D eigenvalue weighted by Crippen LogP contribution is -2.49. The number of Topliss-reactive ketones (excluding diaryl/α,β-unsaturated/α-hetero) is 2. The summed E-state index contributed by atoms with van der Waals surface area (Å²) >= 11 is 0. The quantitative estimate of drug-likeness (QED) is 0.627. The van der Waals surface area contributed by atoms with Crippen molar-refractivity contribution >= 4 is 27.6 Å². The fourth-order valence-electron chi connectivity index (χ4n) is 4.21. The van der Waals surface area contributed by atoms with Gasteiger partial charge in [0, 0.05) is 5.92 Å². The molecule has 0 aromatic carbocycles. The normalized spacial score (nSPS) is 29.9. The van der Waals surface area contributed by atoms with Gasteiger partial charge in [0.1, 0.15) is 6.04 Å². The van der Waals surface area contributed by atoms with E-state index >= 15 is 0 Å². The molecule has 0 aliphatic heterocycles. The first-order valence-electron chi connectivity index (χ1n) is 8.30. The van der Waals surface area contributed by atoms with E-state index in [9.17, 15) is 27.9 Å². The van der Waals surface area contributed by atoms with Gasteiger partial charge in [-0.2, -0.15) is 0 Å². The Morgan fingerprint density at radius 1 is 1.38 bits per heavy atom. The third-order valence-corrected chi connectivity index (χ3v) is 7.36. The van der Waals surface area contributed by atoms with E-state index in [0.717, 1.165) is 6.42 Å². The van der Waals surface area contributed by atoms with Crippen LogP contribution in [-0.4, -0.2) is 42.9 Å². The van der Waals surface area contributed by atoms with Gasteiger partial charge in [0.15, 0.2) is 0 Å². The predicted octanol–water partition coefficient (Wildman–Crippen LogP) is 1.12. The molecule has 0 unspecified atom stereocenters. The Balaban J connectivity index is 2.24. The molecule has 136 valence electrons. The van der Waals surface area contributed by atoms with Crippen molar-refractivity contribution in [2.45, 2.75) is 58.9 Å². The standard InChI is InChI=1S/C16H25NO6S/c1-4-5-6-11(14(20)21)17-24(22,23)9-16-8-7-10(15(16,2)3)12(18)13(16)19/h10-11,17H,4-9H2,1-3H3,(H,20,21)/t10-,11+,16-/m1/s1. The first-order valence-corrected chi connectivity index (χ1v) is 9.95. The lowest BCUT2D eigenvalue weighted by molar-refractivity contribution is -0.141. The van der Waals surface area contributed by atoms with Crippen LogP contribution in [0, 0.1) is 16.7 Å². The van der Waals surface area contributed by atoms with E-state index in [0.29, 0.717) is 19.3 Å². The molecule has 8 heteroatoms. The highest BCUT2D eigenvalue weighted by molar-refractivity contribution is 7.89. The number of carboxylic acids is 1. The summed E-state index contributed by atoms with van der Waals surface area (Å²) in [6, 6.07) is -1.21. The van der Waals surface area contributed by atoms with Gasteiger partial charge in [0.25, 0.3) is 0 Å². The first kappa shape index (κ1) is 19.1. The molecular weight excluding hydrogens is 334 g/mol. The molecule has 0 radical (unpaired) electrons. The summed E-state index contributed by atoms with van der Waals surface area (Å²) < 4.78 is 27.3. The van der Waals surface area contributed by atoms with Gasteiger partial charge in [-0.3, -0.25) is 14.4 Å². The summed E-state index contributed by atoms with van der Waals surface area (Å²) in [4.78, 5) is 35.8. The SMILES string of the molecule is CCCC[C@H](NS(=O)(=O)C[C@]12CC[C@H](C(=O)C1=O)C2(C)C)C(=O)O. The van der Waals surface area contributed by atoms with E-state index in [1.807, 2.05) is 6.92 Å². The summed E-state index contributed by atoms with van der Waals surface area (Å²) in [7, 11) is -4.01. The van der Waals surface area contributed by atoms with Crippen molar-refractivity contribution in [2.75, 3.05) is 5.75 Å². The molecule has 2 rings (SSSR count). The lowest BCUT2D eigenvalue weighted by atomic mass is 9.70. The van der Waals surface area contributed by atoms with Crippen molar-refractivity contribution < 1.29 is 27.9 Å². The minimum absolute atomic E-state index is 0.191. The number of rotatable bonds is 8. The van der Waals surface area contributed by atoms with Crippen LogP contribution in [0.4, 0.5) is 0 Å². The highest BCUT2D eigenvalue weighted by atomic mass is 32.2. The maximum absolute atomic E-state index is 12.5. The second-order valence-electron chi connectivity index (χ2n) is 7.50. The Hall–Kier alpha value is -1.28. The molecule has 2 fully saturated rings. The van der Waals surface area contributed by atoms with Gasteiger partial charge in [-0.05, 0) is 24.7 Å². The minimum atomic E-state index is -4.01. The Labute approximate surface area is 142 Å². The molecule has 3 atom stereocenters. The van der Waals surface area contributed by atoms with Crippen molar-refractivity contribution in [3.8, 4) is 0 Å². The van der Waals surface area contributed by atoms with Crippen LogP contribution in [0.15, 0.2) is 0 Å². The number of carbonyl (C=O) groups excluding carboxylic acids is 2. The Bertz CT molecular complexity index is 668. The number of carboxylic acid groups (broad SMARTS) is 1. The second kappa shape index (κ2) is 6.22. The average Bonchev–Trinajstić information content (AvgIpc) is 2.78. The summed E-state index contributed by atoms with van der Waals surface area (Å²) in [5.74, 6) is -3.29. The zero-order valence-corrected chi connectivity index (χ0v) is 15.1. The maximum atomic E-state index is 12.5. The molecule has 2 saturated carbocycles. The lowest BCUT2D eigenvalue weighted by Gasteiger charge is -2.35. The molecule has 0 spiro atoms. The summed E-state index contributed by atoms with van der Waals surface area (Å²) in [5, 5.41) is 9.20. The third-order valence-electron chi connectivity index (χ3n) is 5.84. The van der Waals surface area contributed by atoms with Crippen LogP contribution in [-0.2, 0) is 24.4 Å². The van der Waals surface area contributed by atoms with E-state index in [4.69, 9.17) is 0 Å². The number of hydrogen-bond acceptors (Lipinski definition) is 5. The Kier molecular flexibility index (Phi) is 4.94. The molecule has 0 aromatic rings. The zero-order chi connectivity index (χ0) is 18.3. The fraction of sp³-hybridized carbons (Fsp3) is 0.812. The molecule has 2 N–H and O–H groups in total. The fourth-order valence-corrected chi connectivity index (χ4v) is 6.25. The number of sulfonamides is 1.